The molecular formula is C11H19NO4. The summed E-state index contributed by atoms with van der Waals surface area (Å²) in [6.07, 6.45) is 0.372. The van der Waals surface area contributed by atoms with E-state index in [2.05, 4.69) is 11.9 Å². The SMILES string of the molecule is C=C(C)C(=O)OC(C)OC(=O)NCCCC. The number of carbonyl (C=O) groups excluding carboxylic acids is 2. The summed E-state index contributed by atoms with van der Waals surface area (Å²) in [4.78, 5) is 22.2. The van der Waals surface area contributed by atoms with Crippen molar-refractivity contribution in [2.75, 3.05) is 6.54 Å². The van der Waals surface area contributed by atoms with Crippen LogP contribution in [0.15, 0.2) is 12.2 Å². The molecule has 1 N–H and O–H groups in total. The quantitative estimate of drug-likeness (QED) is 0.327. The van der Waals surface area contributed by atoms with Crippen molar-refractivity contribution in [1.29, 1.82) is 0 Å². The smallest absolute Gasteiger partial charge is 0.410 e. The average molecular weight is 229 g/mol. The predicted molar refractivity (Wildman–Crippen MR) is 59.8 cm³/mol. The molecule has 0 rings (SSSR count). The van der Waals surface area contributed by atoms with Crippen molar-refractivity contribution in [2.24, 2.45) is 0 Å². The maximum Gasteiger partial charge on any atom is 0.410 e. The number of nitrogens with one attached hydrogen (secondary N) is 1. The molecule has 0 saturated carbocycles. The van der Waals surface area contributed by atoms with Crippen molar-refractivity contribution in [3.8, 4) is 0 Å². The Kier molecular flexibility index (Phi) is 7.00. The highest BCUT2D eigenvalue weighted by molar-refractivity contribution is 5.87. The zero-order valence-corrected chi connectivity index (χ0v) is 10.0. The Morgan fingerprint density at radius 1 is 1.38 bits per heavy atom. The zero-order chi connectivity index (χ0) is 12.6. The van der Waals surface area contributed by atoms with Crippen LogP contribution in [0.2, 0.25) is 0 Å². The second kappa shape index (κ2) is 7.73. The van der Waals surface area contributed by atoms with E-state index in [1.807, 2.05) is 6.92 Å². The van der Waals surface area contributed by atoms with Crippen molar-refractivity contribution in [3.63, 3.8) is 0 Å². The fourth-order valence-corrected chi connectivity index (χ4v) is 0.835. The highest BCUT2D eigenvalue weighted by Crippen LogP contribution is 2.00. The van der Waals surface area contributed by atoms with E-state index in [0.29, 0.717) is 6.54 Å². The molecule has 0 aliphatic heterocycles. The molecule has 16 heavy (non-hydrogen) atoms. The maximum atomic E-state index is 11.1. The molecule has 1 unspecified atom stereocenters. The molecule has 5 heteroatoms. The summed E-state index contributed by atoms with van der Waals surface area (Å²) in [6, 6.07) is 0. The van der Waals surface area contributed by atoms with Gasteiger partial charge in [-0.3, -0.25) is 0 Å². The highest BCUT2D eigenvalue weighted by Gasteiger charge is 2.13. The van der Waals surface area contributed by atoms with E-state index in [1.165, 1.54) is 13.8 Å². The molecule has 1 amide bonds. The lowest BCUT2D eigenvalue weighted by Gasteiger charge is -2.14. The Hall–Kier alpha value is -1.52. The van der Waals surface area contributed by atoms with E-state index in [-0.39, 0.29) is 5.57 Å². The van der Waals surface area contributed by atoms with Gasteiger partial charge < -0.3 is 14.8 Å². The molecule has 0 radical (unpaired) electrons. The lowest BCUT2D eigenvalue weighted by atomic mass is 10.3. The van der Waals surface area contributed by atoms with Crippen LogP contribution < -0.4 is 5.32 Å². The summed E-state index contributed by atoms with van der Waals surface area (Å²) >= 11 is 0. The molecule has 0 aliphatic rings. The minimum atomic E-state index is -0.911. The zero-order valence-electron chi connectivity index (χ0n) is 10.0. The molecule has 0 spiro atoms. The summed E-state index contributed by atoms with van der Waals surface area (Å²) < 4.78 is 9.55. The second-order valence-electron chi connectivity index (χ2n) is 3.44. The van der Waals surface area contributed by atoms with E-state index in [1.54, 1.807) is 0 Å². The molecule has 5 nitrogen and oxygen atoms in total. The third-order valence-electron chi connectivity index (χ3n) is 1.69. The monoisotopic (exact) mass is 229 g/mol. The molecule has 0 aliphatic carbocycles. The molecule has 0 heterocycles. The largest absolute Gasteiger partial charge is 0.422 e. The van der Waals surface area contributed by atoms with Gasteiger partial charge in [-0.2, -0.15) is 0 Å². The van der Waals surface area contributed by atoms with E-state index in [0.717, 1.165) is 12.8 Å². The van der Waals surface area contributed by atoms with Crippen LogP contribution in [0.1, 0.15) is 33.6 Å². The number of unbranched alkanes of at least 4 members (excludes halogenated alkanes) is 1. The molecule has 0 saturated heterocycles. The summed E-state index contributed by atoms with van der Waals surface area (Å²) in [7, 11) is 0. The standard InChI is InChI=1S/C11H19NO4/c1-5-6-7-12-11(14)16-9(4)15-10(13)8(2)3/h9H,2,5-7H2,1,3-4H3,(H,12,14). The Bertz CT molecular complexity index is 263. The van der Waals surface area contributed by atoms with Crippen molar-refractivity contribution in [3.05, 3.63) is 12.2 Å². The van der Waals surface area contributed by atoms with E-state index in [4.69, 9.17) is 9.47 Å². The average Bonchev–Trinajstić information content (AvgIpc) is 2.17. The molecule has 0 aromatic heterocycles. The summed E-state index contributed by atoms with van der Waals surface area (Å²) in [5, 5.41) is 2.54. The fraction of sp³-hybridized carbons (Fsp3) is 0.636. The minimum Gasteiger partial charge on any atom is -0.422 e. The Balaban J connectivity index is 3.78. The molecular weight excluding hydrogens is 210 g/mol. The van der Waals surface area contributed by atoms with Crippen LogP contribution in [0, 0.1) is 0 Å². The number of hydrogen-bond donors (Lipinski definition) is 1. The number of rotatable bonds is 6. The second-order valence-corrected chi connectivity index (χ2v) is 3.44. The fourth-order valence-electron chi connectivity index (χ4n) is 0.835. The molecule has 0 bridgehead atoms. The van der Waals surface area contributed by atoms with Gasteiger partial charge in [0.15, 0.2) is 0 Å². The van der Waals surface area contributed by atoms with Gasteiger partial charge in [0, 0.05) is 19.0 Å². The highest BCUT2D eigenvalue weighted by atomic mass is 16.7. The first kappa shape index (κ1) is 14.5. The van der Waals surface area contributed by atoms with E-state index >= 15 is 0 Å². The number of ether oxygens (including phenoxy) is 2. The van der Waals surface area contributed by atoms with Gasteiger partial charge in [-0.1, -0.05) is 19.9 Å². The lowest BCUT2D eigenvalue weighted by molar-refractivity contribution is -0.159. The summed E-state index contributed by atoms with van der Waals surface area (Å²) in [5.74, 6) is -0.575. The van der Waals surface area contributed by atoms with Crippen LogP contribution in [-0.2, 0) is 14.3 Å². The van der Waals surface area contributed by atoms with Gasteiger partial charge in [-0.05, 0) is 13.3 Å². The van der Waals surface area contributed by atoms with Crippen LogP contribution in [0.3, 0.4) is 0 Å². The molecule has 1 atom stereocenters. The van der Waals surface area contributed by atoms with Crippen molar-refractivity contribution >= 4 is 12.1 Å². The first-order chi connectivity index (χ1) is 7.47. The molecule has 0 fully saturated rings. The lowest BCUT2D eigenvalue weighted by Crippen LogP contribution is -2.30. The van der Waals surface area contributed by atoms with Gasteiger partial charge in [-0.15, -0.1) is 0 Å². The maximum absolute atomic E-state index is 11.1. The van der Waals surface area contributed by atoms with Crippen LogP contribution in [-0.4, -0.2) is 24.9 Å². The molecule has 92 valence electrons. The molecule has 0 aromatic carbocycles. The van der Waals surface area contributed by atoms with Gasteiger partial charge in [0.2, 0.25) is 6.29 Å². The van der Waals surface area contributed by atoms with Crippen molar-refractivity contribution in [2.45, 2.75) is 39.9 Å². The van der Waals surface area contributed by atoms with Crippen LogP contribution in [0.5, 0.6) is 0 Å². The van der Waals surface area contributed by atoms with Crippen LogP contribution in [0.25, 0.3) is 0 Å². The predicted octanol–water partition coefficient (Wildman–Crippen LogP) is 1.98. The normalized spacial score (nSPS) is 11.4. The number of amides is 1. The Labute approximate surface area is 95.8 Å². The first-order valence-corrected chi connectivity index (χ1v) is 5.28. The number of carbonyl (C=O) groups is 2. The van der Waals surface area contributed by atoms with Crippen LogP contribution >= 0.6 is 0 Å². The van der Waals surface area contributed by atoms with Gasteiger partial charge in [0.1, 0.15) is 0 Å². The van der Waals surface area contributed by atoms with Crippen LogP contribution in [0.4, 0.5) is 4.79 Å². The number of hydrogen-bond acceptors (Lipinski definition) is 4. The number of esters is 1. The Morgan fingerprint density at radius 3 is 2.50 bits per heavy atom. The van der Waals surface area contributed by atoms with Crippen molar-refractivity contribution < 1.29 is 19.1 Å². The Morgan fingerprint density at radius 2 is 2.00 bits per heavy atom. The van der Waals surface area contributed by atoms with E-state index in [9.17, 15) is 9.59 Å². The minimum absolute atomic E-state index is 0.266. The van der Waals surface area contributed by atoms with E-state index < -0.39 is 18.4 Å². The summed E-state index contributed by atoms with van der Waals surface area (Å²) in [6.45, 7) is 8.98. The molecule has 0 aromatic rings. The topological polar surface area (TPSA) is 64.6 Å². The van der Waals surface area contributed by atoms with Gasteiger partial charge >= 0.3 is 12.1 Å². The third-order valence-corrected chi connectivity index (χ3v) is 1.69. The number of alkyl carbamates (subject to hydrolysis) is 1. The first-order valence-electron chi connectivity index (χ1n) is 5.28. The van der Waals surface area contributed by atoms with Gasteiger partial charge in [-0.25, -0.2) is 9.59 Å². The van der Waals surface area contributed by atoms with Crippen molar-refractivity contribution in [1.82, 2.24) is 5.32 Å². The third kappa shape index (κ3) is 6.86. The van der Waals surface area contributed by atoms with Gasteiger partial charge in [0.25, 0.3) is 0 Å². The summed E-state index contributed by atoms with van der Waals surface area (Å²) in [5.41, 5.74) is 0.266. The van der Waals surface area contributed by atoms with Gasteiger partial charge in [0.05, 0.1) is 0 Å².